The van der Waals surface area contributed by atoms with Gasteiger partial charge in [-0.2, -0.15) is 0 Å². The molecule has 136 valence electrons. The standard InChI is InChI=1S/C17H23N3O5/c21-15(18-7-6-16(22)20-8-10-24-11-9-20)12-19-17(23)25-13-14-4-2-1-3-5-14/h1-5H,6-13H2,(H,18,21)(H,19,23). The number of rotatable bonds is 7. The predicted octanol–water partition coefficient (Wildman–Crippen LogP) is 0.278. The highest BCUT2D eigenvalue weighted by atomic mass is 16.5. The molecular formula is C17H23N3O5. The van der Waals surface area contributed by atoms with Crippen LogP contribution in [0.1, 0.15) is 12.0 Å². The van der Waals surface area contributed by atoms with Crippen LogP contribution in [0.15, 0.2) is 30.3 Å². The number of hydrogen-bond acceptors (Lipinski definition) is 5. The molecule has 0 radical (unpaired) electrons. The third-order valence-electron chi connectivity index (χ3n) is 3.63. The topological polar surface area (TPSA) is 97.0 Å². The van der Waals surface area contributed by atoms with Crippen LogP contribution in [0, 0.1) is 0 Å². The molecule has 0 unspecified atom stereocenters. The molecule has 1 fully saturated rings. The molecule has 2 rings (SSSR count). The van der Waals surface area contributed by atoms with Gasteiger partial charge in [0.2, 0.25) is 11.8 Å². The second-order valence-electron chi connectivity index (χ2n) is 5.51. The fourth-order valence-electron chi connectivity index (χ4n) is 2.27. The number of amides is 3. The van der Waals surface area contributed by atoms with Crippen molar-refractivity contribution in [1.82, 2.24) is 15.5 Å². The summed E-state index contributed by atoms with van der Waals surface area (Å²) in [5.74, 6) is -0.384. The summed E-state index contributed by atoms with van der Waals surface area (Å²) in [6, 6.07) is 9.25. The number of morpholine rings is 1. The Morgan fingerprint density at radius 1 is 1.08 bits per heavy atom. The van der Waals surface area contributed by atoms with Crippen molar-refractivity contribution < 1.29 is 23.9 Å². The Morgan fingerprint density at radius 3 is 2.52 bits per heavy atom. The highest BCUT2D eigenvalue weighted by Crippen LogP contribution is 2.00. The number of benzene rings is 1. The molecule has 1 aromatic rings. The predicted molar refractivity (Wildman–Crippen MR) is 89.7 cm³/mol. The highest BCUT2D eigenvalue weighted by molar-refractivity contribution is 5.83. The van der Waals surface area contributed by atoms with Gasteiger partial charge in [-0.1, -0.05) is 30.3 Å². The SMILES string of the molecule is O=C(CNC(=O)OCc1ccccc1)NCCC(=O)N1CCOCC1. The van der Waals surface area contributed by atoms with Crippen molar-refractivity contribution in [2.75, 3.05) is 39.4 Å². The number of nitrogens with one attached hydrogen (secondary N) is 2. The minimum Gasteiger partial charge on any atom is -0.445 e. The fraction of sp³-hybridized carbons (Fsp3) is 0.471. The van der Waals surface area contributed by atoms with Crippen molar-refractivity contribution in [1.29, 1.82) is 0 Å². The first-order chi connectivity index (χ1) is 12.1. The molecule has 2 N–H and O–H groups in total. The van der Waals surface area contributed by atoms with Gasteiger partial charge in [0.05, 0.1) is 19.8 Å². The molecule has 0 bridgehead atoms. The Morgan fingerprint density at radius 2 is 1.80 bits per heavy atom. The summed E-state index contributed by atoms with van der Waals surface area (Å²) < 4.78 is 10.2. The number of carbonyl (C=O) groups excluding carboxylic acids is 3. The molecule has 25 heavy (non-hydrogen) atoms. The monoisotopic (exact) mass is 349 g/mol. The number of nitrogens with zero attached hydrogens (tertiary/aromatic N) is 1. The Balaban J connectivity index is 1.54. The fourth-order valence-corrected chi connectivity index (χ4v) is 2.27. The molecule has 3 amide bonds. The lowest BCUT2D eigenvalue weighted by Gasteiger charge is -2.26. The average Bonchev–Trinajstić information content (AvgIpc) is 2.66. The Labute approximate surface area is 146 Å². The minimum absolute atomic E-state index is 0.0150. The number of hydrogen-bond donors (Lipinski definition) is 2. The van der Waals surface area contributed by atoms with Crippen molar-refractivity contribution in [3.05, 3.63) is 35.9 Å². The van der Waals surface area contributed by atoms with Gasteiger partial charge >= 0.3 is 6.09 Å². The lowest BCUT2D eigenvalue weighted by atomic mass is 10.2. The van der Waals surface area contributed by atoms with E-state index in [-0.39, 0.29) is 37.9 Å². The van der Waals surface area contributed by atoms with E-state index in [0.29, 0.717) is 26.3 Å². The summed E-state index contributed by atoms with van der Waals surface area (Å²) in [7, 11) is 0. The van der Waals surface area contributed by atoms with E-state index in [0.717, 1.165) is 5.56 Å². The maximum absolute atomic E-state index is 11.9. The second-order valence-corrected chi connectivity index (χ2v) is 5.51. The van der Waals surface area contributed by atoms with Gasteiger partial charge in [-0.05, 0) is 5.56 Å². The zero-order valence-electron chi connectivity index (χ0n) is 14.0. The molecule has 0 saturated carbocycles. The maximum Gasteiger partial charge on any atom is 0.407 e. The molecule has 1 aromatic carbocycles. The Bertz CT molecular complexity index is 573. The average molecular weight is 349 g/mol. The van der Waals surface area contributed by atoms with Crippen LogP contribution in [0.4, 0.5) is 4.79 Å². The van der Waals surface area contributed by atoms with Gasteiger partial charge in [0.1, 0.15) is 6.61 Å². The largest absolute Gasteiger partial charge is 0.445 e. The Kier molecular flexibility index (Phi) is 7.71. The lowest BCUT2D eigenvalue weighted by molar-refractivity contribution is -0.135. The van der Waals surface area contributed by atoms with Crippen molar-refractivity contribution in [3.8, 4) is 0 Å². The van der Waals surface area contributed by atoms with Gasteiger partial charge in [0, 0.05) is 26.1 Å². The van der Waals surface area contributed by atoms with E-state index in [2.05, 4.69) is 10.6 Å². The van der Waals surface area contributed by atoms with Crippen molar-refractivity contribution in [3.63, 3.8) is 0 Å². The van der Waals surface area contributed by atoms with Crippen LogP contribution < -0.4 is 10.6 Å². The van der Waals surface area contributed by atoms with E-state index < -0.39 is 6.09 Å². The van der Waals surface area contributed by atoms with E-state index in [1.54, 1.807) is 4.90 Å². The Hall–Kier alpha value is -2.61. The number of alkyl carbamates (subject to hydrolysis) is 1. The summed E-state index contributed by atoms with van der Waals surface area (Å²) in [5, 5.41) is 4.96. The minimum atomic E-state index is -0.664. The molecule has 8 heteroatoms. The molecule has 0 atom stereocenters. The van der Waals surface area contributed by atoms with Gasteiger partial charge in [0.15, 0.2) is 0 Å². The van der Waals surface area contributed by atoms with Gasteiger partial charge in [-0.15, -0.1) is 0 Å². The normalized spacial score (nSPS) is 13.8. The van der Waals surface area contributed by atoms with E-state index in [1.807, 2.05) is 30.3 Å². The van der Waals surface area contributed by atoms with Gasteiger partial charge in [-0.3, -0.25) is 9.59 Å². The summed E-state index contributed by atoms with van der Waals surface area (Å²) >= 11 is 0. The zero-order chi connectivity index (χ0) is 17.9. The first-order valence-corrected chi connectivity index (χ1v) is 8.22. The van der Waals surface area contributed by atoms with Crippen LogP contribution in [-0.4, -0.2) is 62.2 Å². The quantitative estimate of drug-likeness (QED) is 0.737. The number of ether oxygens (including phenoxy) is 2. The van der Waals surface area contributed by atoms with Gasteiger partial charge in [0.25, 0.3) is 0 Å². The highest BCUT2D eigenvalue weighted by Gasteiger charge is 2.16. The molecule has 1 aliphatic rings. The van der Waals surface area contributed by atoms with E-state index in [9.17, 15) is 14.4 Å². The molecule has 1 heterocycles. The molecule has 8 nitrogen and oxygen atoms in total. The van der Waals surface area contributed by atoms with Crippen LogP contribution in [-0.2, 0) is 25.7 Å². The third kappa shape index (κ3) is 7.21. The molecule has 0 spiro atoms. The molecule has 1 saturated heterocycles. The lowest BCUT2D eigenvalue weighted by Crippen LogP contribution is -2.43. The van der Waals surface area contributed by atoms with Crippen LogP contribution in [0.5, 0.6) is 0 Å². The summed E-state index contributed by atoms with van der Waals surface area (Å²) in [6.07, 6.45) is -0.437. The van der Waals surface area contributed by atoms with Crippen molar-refractivity contribution in [2.45, 2.75) is 13.0 Å². The molecule has 0 aliphatic carbocycles. The maximum atomic E-state index is 11.9. The van der Waals surface area contributed by atoms with Gasteiger partial charge in [-0.25, -0.2) is 4.79 Å². The smallest absolute Gasteiger partial charge is 0.407 e. The molecule has 0 aromatic heterocycles. The van der Waals surface area contributed by atoms with Crippen molar-refractivity contribution in [2.24, 2.45) is 0 Å². The van der Waals surface area contributed by atoms with E-state index >= 15 is 0 Å². The molecule has 1 aliphatic heterocycles. The van der Waals surface area contributed by atoms with Crippen molar-refractivity contribution >= 4 is 17.9 Å². The summed E-state index contributed by atoms with van der Waals surface area (Å²) in [6.45, 7) is 2.45. The van der Waals surface area contributed by atoms with E-state index in [1.165, 1.54) is 0 Å². The summed E-state index contributed by atoms with van der Waals surface area (Å²) in [4.78, 5) is 36.8. The van der Waals surface area contributed by atoms with Crippen LogP contribution in [0.3, 0.4) is 0 Å². The summed E-state index contributed by atoms with van der Waals surface area (Å²) in [5.41, 5.74) is 0.865. The first kappa shape index (κ1) is 18.7. The third-order valence-corrected chi connectivity index (χ3v) is 3.63. The molecular weight excluding hydrogens is 326 g/mol. The van der Waals surface area contributed by atoms with Crippen LogP contribution in [0.2, 0.25) is 0 Å². The first-order valence-electron chi connectivity index (χ1n) is 8.22. The second kappa shape index (κ2) is 10.3. The van der Waals surface area contributed by atoms with E-state index in [4.69, 9.17) is 9.47 Å². The van der Waals surface area contributed by atoms with Gasteiger partial charge < -0.3 is 25.0 Å². The van der Waals surface area contributed by atoms with Crippen LogP contribution >= 0.6 is 0 Å². The zero-order valence-corrected chi connectivity index (χ0v) is 14.0. The van der Waals surface area contributed by atoms with Crippen LogP contribution in [0.25, 0.3) is 0 Å². The number of carbonyl (C=O) groups is 3.